The predicted octanol–water partition coefficient (Wildman–Crippen LogP) is 13.2. The van der Waals surface area contributed by atoms with Crippen LogP contribution in [-0.2, 0) is 51.1 Å². The van der Waals surface area contributed by atoms with Crippen LogP contribution in [0.5, 0.6) is 17.2 Å². The first kappa shape index (κ1) is 69.7. The number of halogens is 6. The fraction of sp³-hybridized carbons (Fsp3) is 0.462. The molecule has 0 saturated heterocycles. The number of alkyl halides is 6. The van der Waals surface area contributed by atoms with Crippen molar-refractivity contribution < 1.29 is 61.9 Å². The number of hydrogen-bond acceptors (Lipinski definition) is 14. The number of carboxylic acids is 1. The van der Waals surface area contributed by atoms with Crippen molar-refractivity contribution in [3.8, 4) is 17.2 Å². The number of aliphatic carboxylic acids is 1. The molecule has 0 amide bonds. The number of rotatable bonds is 21. The van der Waals surface area contributed by atoms with Gasteiger partial charge in [-0.3, -0.25) is 19.2 Å². The molecule has 0 spiro atoms. The van der Waals surface area contributed by atoms with Gasteiger partial charge in [0.15, 0.2) is 11.5 Å². The molecule has 0 fully saturated rings. The summed E-state index contributed by atoms with van der Waals surface area (Å²) in [5.74, 6) is -0.0685. The summed E-state index contributed by atoms with van der Waals surface area (Å²) in [6.45, 7) is 5.50. The van der Waals surface area contributed by atoms with E-state index in [0.717, 1.165) is 67.4 Å². The Bertz CT molecular complexity index is 2470. The minimum Gasteiger partial charge on any atom is -0.493 e. The fourth-order valence-electron chi connectivity index (χ4n) is 5.73. The Morgan fingerprint density at radius 3 is 1.63 bits per heavy atom. The zero-order valence-corrected chi connectivity index (χ0v) is 52.0. The molecule has 0 aliphatic rings. The minimum atomic E-state index is -0.790. The van der Waals surface area contributed by atoms with Gasteiger partial charge in [-0.25, -0.2) is 9.59 Å². The Morgan fingerprint density at radius 2 is 1.18 bits per heavy atom. The maximum absolute atomic E-state index is 11.4. The van der Waals surface area contributed by atoms with Crippen molar-refractivity contribution in [3.05, 3.63) is 110 Å². The molecule has 0 aliphatic heterocycles. The largest absolute Gasteiger partial charge is 0.493 e. The maximum Gasteiger partial charge on any atom is 0.336 e. The average Bonchev–Trinajstić information content (AvgIpc) is 3.37. The SMILES string of the molecule is CC(=O)OCCCCI.CC(=O)Oc1ccc2c(CBr)cc(=O)oc2c1.COC(=O)[C@@H](C)CBr.COc1cc2oc(=O)cc(CBr)c2cc1OC.O=C(O)Cc1ccc(CBr)cc1.OCCCCCCCCBr. The molecule has 2 aromatic heterocycles. The van der Waals surface area contributed by atoms with Gasteiger partial charge in [0.1, 0.15) is 16.9 Å². The third-order valence-corrected chi connectivity index (χ3v) is 13.6. The van der Waals surface area contributed by atoms with Crippen molar-refractivity contribution >= 4 is 148 Å². The highest BCUT2D eigenvalue weighted by Crippen LogP contribution is 2.33. The van der Waals surface area contributed by atoms with Crippen molar-refractivity contribution in [1.82, 2.24) is 0 Å². The van der Waals surface area contributed by atoms with Crippen molar-refractivity contribution in [2.75, 3.05) is 49.6 Å². The van der Waals surface area contributed by atoms with Crippen LogP contribution in [0.15, 0.2) is 85.2 Å². The van der Waals surface area contributed by atoms with Gasteiger partial charge in [-0.1, -0.05) is 159 Å². The smallest absolute Gasteiger partial charge is 0.336 e. The highest BCUT2D eigenvalue weighted by atomic mass is 127. The molecule has 0 saturated carbocycles. The summed E-state index contributed by atoms with van der Waals surface area (Å²) in [7, 11) is 4.49. The van der Waals surface area contributed by atoms with Gasteiger partial charge in [-0.2, -0.15) is 0 Å². The number of esters is 3. The minimum absolute atomic E-state index is 0.0278. The average molecular weight is 1460 g/mol. The summed E-state index contributed by atoms with van der Waals surface area (Å²) in [6.07, 6.45) is 9.63. The number of methoxy groups -OCH3 is 3. The van der Waals surface area contributed by atoms with Crippen LogP contribution < -0.4 is 25.5 Å². The van der Waals surface area contributed by atoms with Crippen molar-refractivity contribution in [2.45, 2.75) is 94.5 Å². The number of benzene rings is 3. The lowest BCUT2D eigenvalue weighted by Crippen LogP contribution is -2.13. The van der Waals surface area contributed by atoms with Crippen LogP contribution in [-0.4, -0.2) is 83.7 Å². The highest BCUT2D eigenvalue weighted by molar-refractivity contribution is 14.1. The first-order valence-electron chi connectivity index (χ1n) is 22.8. The first-order chi connectivity index (χ1) is 34.9. The van der Waals surface area contributed by atoms with Crippen LogP contribution in [0.2, 0.25) is 0 Å². The van der Waals surface area contributed by atoms with Crippen molar-refractivity contribution in [1.29, 1.82) is 0 Å². The second-order valence-electron chi connectivity index (χ2n) is 15.3. The Hall–Kier alpha value is -3.35. The molecule has 406 valence electrons. The van der Waals surface area contributed by atoms with Crippen LogP contribution in [0.1, 0.15) is 94.4 Å². The lowest BCUT2D eigenvalue weighted by molar-refractivity contribution is -0.144. The van der Waals surface area contributed by atoms with E-state index in [-0.39, 0.29) is 29.9 Å². The molecule has 15 nitrogen and oxygen atoms in total. The van der Waals surface area contributed by atoms with E-state index in [0.29, 0.717) is 57.6 Å². The zero-order chi connectivity index (χ0) is 55.1. The van der Waals surface area contributed by atoms with E-state index in [1.54, 1.807) is 38.3 Å². The van der Waals surface area contributed by atoms with Crippen molar-refractivity contribution in [3.63, 3.8) is 0 Å². The number of aliphatic hydroxyl groups excluding tert-OH is 1. The number of aliphatic hydroxyl groups is 1. The highest BCUT2D eigenvalue weighted by Gasteiger charge is 2.12. The molecular formula is C52H66Br5IO15. The zero-order valence-electron chi connectivity index (χ0n) is 41.9. The topological polar surface area (TPSA) is 215 Å². The Morgan fingerprint density at radius 1 is 0.644 bits per heavy atom. The van der Waals surface area contributed by atoms with Gasteiger partial charge in [0.25, 0.3) is 0 Å². The Labute approximate surface area is 482 Å². The standard InChI is InChI=1S/C12H11BrO4.C12H9BrO4.C9H9BrO2.C8H17BrO.C6H11IO2.C5H9BrO2/c1-15-10-4-8-7(6-13)3-12(14)17-9(8)5-11(10)16-2;1-7(14)16-9-2-3-10-8(6-13)4-12(15)17-11(10)5-9;10-6-8-3-1-7(2-4-8)5-9(11)12;9-7-5-3-1-2-4-6-8-10;1-6(8)9-5-3-2-4-7;1-4(3-6)5(7)8-2/h3-5H,6H2,1-2H3;2-5H,6H2,1H3;1-4H,5-6H2,(H,11,12);10H,1-8H2;2-5H2,1H3;4H,3H2,1-2H3/t;;;;;4-/m.....0/s1. The van der Waals surface area contributed by atoms with E-state index in [4.69, 9.17) is 38.0 Å². The Balaban J connectivity index is 0.000000875. The summed E-state index contributed by atoms with van der Waals surface area (Å²) < 4.78 is 35.8. The number of ether oxygens (including phenoxy) is 5. The normalized spacial score (nSPS) is 10.4. The van der Waals surface area contributed by atoms with E-state index in [2.05, 4.69) is 107 Å². The third-order valence-electron chi connectivity index (χ3n) is 9.43. The van der Waals surface area contributed by atoms with E-state index >= 15 is 0 Å². The van der Waals surface area contributed by atoms with Gasteiger partial charge in [0.2, 0.25) is 0 Å². The second kappa shape index (κ2) is 42.8. The number of carbonyl (C=O) groups is 4. The van der Waals surface area contributed by atoms with E-state index in [9.17, 15) is 28.8 Å². The number of hydrogen-bond donors (Lipinski definition) is 2. The molecule has 73 heavy (non-hydrogen) atoms. The van der Waals surface area contributed by atoms with Crippen LogP contribution >= 0.6 is 102 Å². The summed E-state index contributed by atoms with van der Waals surface area (Å²) in [4.78, 5) is 64.5. The summed E-state index contributed by atoms with van der Waals surface area (Å²) in [5, 5.41) is 22.3. The summed E-state index contributed by atoms with van der Waals surface area (Å²) >= 11 is 18.8. The quantitative estimate of drug-likeness (QED) is 0.0174. The molecular weight excluding hydrogens is 1390 g/mol. The van der Waals surface area contributed by atoms with Gasteiger partial charge in [0.05, 0.1) is 40.3 Å². The van der Waals surface area contributed by atoms with Gasteiger partial charge < -0.3 is 42.7 Å². The molecule has 21 heteroatoms. The molecule has 0 bridgehead atoms. The van der Waals surface area contributed by atoms with Crippen LogP contribution in [0.3, 0.4) is 0 Å². The maximum atomic E-state index is 11.4. The lowest BCUT2D eigenvalue weighted by atomic mass is 10.1. The lowest BCUT2D eigenvalue weighted by Gasteiger charge is -2.09. The molecule has 5 rings (SSSR count). The molecule has 0 radical (unpaired) electrons. The van der Waals surface area contributed by atoms with Crippen LogP contribution in [0.4, 0.5) is 0 Å². The number of fused-ring (bicyclic) bond motifs is 2. The summed E-state index contributed by atoms with van der Waals surface area (Å²) in [6, 6.07) is 18.8. The van der Waals surface area contributed by atoms with Gasteiger partial charge in [-0.15, -0.1) is 0 Å². The molecule has 0 unspecified atom stereocenters. The fourth-order valence-corrected chi connectivity index (χ4v) is 8.23. The van der Waals surface area contributed by atoms with Gasteiger partial charge in [0, 0.05) is 82.1 Å². The first-order valence-corrected chi connectivity index (χ1v) is 30.0. The molecule has 5 aromatic rings. The second-order valence-corrected chi connectivity index (χ2v) is 19.5. The number of unbranched alkanes of at least 4 members (excludes halogenated alkanes) is 6. The third kappa shape index (κ3) is 31.3. The Kier molecular flexibility index (Phi) is 40.9. The molecule has 2 N–H and O–H groups in total. The molecule has 1 atom stereocenters. The van der Waals surface area contributed by atoms with Crippen molar-refractivity contribution in [2.24, 2.45) is 5.92 Å². The monoisotopic (exact) mass is 1450 g/mol. The number of carboxylic acid groups (broad SMARTS) is 1. The number of carbonyl (C=O) groups excluding carboxylic acids is 3. The van der Waals surface area contributed by atoms with E-state index < -0.39 is 17.6 Å². The molecule has 3 aromatic carbocycles. The summed E-state index contributed by atoms with van der Waals surface area (Å²) in [5.41, 5.74) is 3.79. The van der Waals surface area contributed by atoms with Gasteiger partial charge >= 0.3 is 35.1 Å². The van der Waals surface area contributed by atoms with Crippen LogP contribution in [0.25, 0.3) is 21.9 Å². The van der Waals surface area contributed by atoms with E-state index in [1.165, 1.54) is 78.4 Å². The van der Waals surface area contributed by atoms with Crippen LogP contribution in [0, 0.1) is 5.92 Å². The predicted molar refractivity (Wildman–Crippen MR) is 313 cm³/mol. The van der Waals surface area contributed by atoms with Gasteiger partial charge in [-0.05, 0) is 70.6 Å². The molecule has 2 heterocycles. The molecule has 0 aliphatic carbocycles. The van der Waals surface area contributed by atoms with E-state index in [1.807, 2.05) is 24.3 Å².